The normalized spacial score (nSPS) is 11.8. The third-order valence-corrected chi connectivity index (χ3v) is 4.15. The molecular formula is C16H10BrF3N2O2. The van der Waals surface area contributed by atoms with Crippen LogP contribution in [0.2, 0.25) is 0 Å². The second-order valence-electron chi connectivity index (χ2n) is 5.26. The lowest BCUT2D eigenvalue weighted by Crippen LogP contribution is -2.05. The molecule has 0 N–H and O–H groups in total. The summed E-state index contributed by atoms with van der Waals surface area (Å²) in [6, 6.07) is 9.90. The maximum Gasteiger partial charge on any atom is 0.416 e. The van der Waals surface area contributed by atoms with Gasteiger partial charge >= 0.3 is 6.18 Å². The number of nitrogens with zero attached hydrogens (tertiary/aromatic N) is 2. The monoisotopic (exact) mass is 398 g/mol. The molecule has 0 aliphatic heterocycles. The predicted molar refractivity (Wildman–Crippen MR) is 86.8 cm³/mol. The third kappa shape index (κ3) is 3.14. The van der Waals surface area contributed by atoms with Crippen LogP contribution in [0.1, 0.15) is 11.1 Å². The molecule has 8 heteroatoms. The van der Waals surface area contributed by atoms with Crippen LogP contribution in [0.25, 0.3) is 10.9 Å². The average Bonchev–Trinajstić information content (AvgIpc) is 2.85. The first-order chi connectivity index (χ1) is 11.3. The number of benzene rings is 2. The van der Waals surface area contributed by atoms with Crippen molar-refractivity contribution in [2.45, 2.75) is 12.7 Å². The van der Waals surface area contributed by atoms with Crippen LogP contribution in [0.5, 0.6) is 0 Å². The van der Waals surface area contributed by atoms with E-state index in [-0.39, 0.29) is 12.2 Å². The van der Waals surface area contributed by atoms with E-state index in [1.165, 1.54) is 18.3 Å². The van der Waals surface area contributed by atoms with Crippen LogP contribution in [0, 0.1) is 10.1 Å². The van der Waals surface area contributed by atoms with Crippen LogP contribution in [-0.2, 0) is 12.7 Å². The summed E-state index contributed by atoms with van der Waals surface area (Å²) in [7, 11) is 0. The molecule has 0 spiro atoms. The fourth-order valence-corrected chi connectivity index (χ4v) is 2.88. The van der Waals surface area contributed by atoms with Gasteiger partial charge in [0, 0.05) is 11.0 Å². The van der Waals surface area contributed by atoms with Crippen molar-refractivity contribution in [3.05, 3.63) is 74.4 Å². The van der Waals surface area contributed by atoms with Crippen molar-refractivity contribution in [3.8, 4) is 0 Å². The Bertz CT molecular complexity index is 917. The first kappa shape index (κ1) is 16.5. The van der Waals surface area contributed by atoms with E-state index in [1.54, 1.807) is 22.8 Å². The minimum atomic E-state index is -4.39. The molecule has 24 heavy (non-hydrogen) atoms. The number of rotatable bonds is 3. The van der Waals surface area contributed by atoms with Gasteiger partial charge < -0.3 is 4.57 Å². The van der Waals surface area contributed by atoms with Crippen molar-refractivity contribution in [1.29, 1.82) is 0 Å². The Morgan fingerprint density at radius 1 is 1.12 bits per heavy atom. The molecule has 0 fully saturated rings. The summed E-state index contributed by atoms with van der Waals surface area (Å²) in [4.78, 5) is 10.7. The van der Waals surface area contributed by atoms with Gasteiger partial charge in [0.25, 0.3) is 5.69 Å². The van der Waals surface area contributed by atoms with E-state index >= 15 is 0 Å². The number of hydrogen-bond acceptors (Lipinski definition) is 2. The highest BCUT2D eigenvalue weighted by Gasteiger charge is 2.30. The molecule has 0 aliphatic rings. The van der Waals surface area contributed by atoms with Gasteiger partial charge in [0.05, 0.1) is 27.6 Å². The Labute approximate surface area is 142 Å². The van der Waals surface area contributed by atoms with Crippen molar-refractivity contribution in [2.75, 3.05) is 0 Å². The van der Waals surface area contributed by atoms with Crippen molar-refractivity contribution in [2.24, 2.45) is 0 Å². The molecule has 2 aromatic carbocycles. The zero-order valence-electron chi connectivity index (χ0n) is 12.0. The molecule has 124 valence electrons. The molecule has 1 aromatic heterocycles. The molecule has 3 rings (SSSR count). The number of halogens is 4. The van der Waals surface area contributed by atoms with Crippen molar-refractivity contribution in [3.63, 3.8) is 0 Å². The second-order valence-corrected chi connectivity index (χ2v) is 6.17. The third-order valence-electron chi connectivity index (χ3n) is 3.65. The van der Waals surface area contributed by atoms with E-state index in [1.807, 2.05) is 0 Å². The van der Waals surface area contributed by atoms with Gasteiger partial charge in [-0.05, 0) is 35.9 Å². The highest BCUT2D eigenvalue weighted by Crippen LogP contribution is 2.32. The van der Waals surface area contributed by atoms with Gasteiger partial charge in [-0.2, -0.15) is 13.2 Å². The lowest BCUT2D eigenvalue weighted by Gasteiger charge is -2.09. The molecule has 0 unspecified atom stereocenters. The highest BCUT2D eigenvalue weighted by molar-refractivity contribution is 9.10. The van der Waals surface area contributed by atoms with E-state index in [4.69, 9.17) is 0 Å². The van der Waals surface area contributed by atoms with Gasteiger partial charge in [-0.25, -0.2) is 0 Å². The maximum absolute atomic E-state index is 12.6. The van der Waals surface area contributed by atoms with Gasteiger partial charge in [0.15, 0.2) is 0 Å². The van der Waals surface area contributed by atoms with E-state index in [0.29, 0.717) is 20.9 Å². The fourth-order valence-electron chi connectivity index (χ4n) is 2.52. The fraction of sp³-hybridized carbons (Fsp3) is 0.125. The van der Waals surface area contributed by atoms with E-state index < -0.39 is 16.7 Å². The quantitative estimate of drug-likeness (QED) is 0.439. The summed E-state index contributed by atoms with van der Waals surface area (Å²) in [5.41, 5.74) is 0.499. The lowest BCUT2D eigenvalue weighted by molar-refractivity contribution is -0.383. The van der Waals surface area contributed by atoms with E-state index in [2.05, 4.69) is 15.9 Å². The van der Waals surface area contributed by atoms with Crippen molar-refractivity contribution in [1.82, 2.24) is 4.57 Å². The van der Waals surface area contributed by atoms with Crippen LogP contribution >= 0.6 is 15.9 Å². The summed E-state index contributed by atoms with van der Waals surface area (Å²) in [5, 5.41) is 11.7. The number of fused-ring (bicyclic) bond motifs is 1. The molecule has 0 amide bonds. The summed E-state index contributed by atoms with van der Waals surface area (Å²) < 4.78 is 40.2. The van der Waals surface area contributed by atoms with Crippen molar-refractivity contribution < 1.29 is 18.1 Å². The zero-order chi connectivity index (χ0) is 17.5. The first-order valence-electron chi connectivity index (χ1n) is 6.84. The van der Waals surface area contributed by atoms with Gasteiger partial charge in [-0.1, -0.05) is 28.1 Å². The van der Waals surface area contributed by atoms with Crippen LogP contribution < -0.4 is 0 Å². The molecule has 0 aliphatic carbocycles. The Morgan fingerprint density at radius 2 is 1.79 bits per heavy atom. The SMILES string of the molecule is O=[N+]([O-])c1cn(Cc2ccc(C(F)(F)F)cc2)c2ccc(Br)cc12. The number of hydrogen-bond donors (Lipinski definition) is 0. The molecule has 0 bridgehead atoms. The smallest absolute Gasteiger partial charge is 0.337 e. The Balaban J connectivity index is 2.00. The number of alkyl halides is 3. The number of aromatic nitrogens is 1. The molecule has 3 aromatic rings. The van der Waals surface area contributed by atoms with Crippen molar-refractivity contribution >= 4 is 32.5 Å². The van der Waals surface area contributed by atoms with Gasteiger partial charge in [0.2, 0.25) is 0 Å². The van der Waals surface area contributed by atoms with Crippen LogP contribution in [0.4, 0.5) is 18.9 Å². The topological polar surface area (TPSA) is 48.1 Å². The molecule has 0 saturated carbocycles. The predicted octanol–water partition coefficient (Wildman–Crippen LogP) is 5.38. The van der Waals surface area contributed by atoms with E-state index in [9.17, 15) is 23.3 Å². The van der Waals surface area contributed by atoms with Gasteiger partial charge in [-0.3, -0.25) is 10.1 Å². The first-order valence-corrected chi connectivity index (χ1v) is 7.64. The van der Waals surface area contributed by atoms with E-state index in [0.717, 1.165) is 12.1 Å². The molecular weight excluding hydrogens is 389 g/mol. The summed E-state index contributed by atoms with van der Waals surface area (Å²) in [6.07, 6.45) is -2.99. The Kier molecular flexibility index (Phi) is 4.08. The minimum Gasteiger partial charge on any atom is -0.337 e. The van der Waals surface area contributed by atoms with Crippen LogP contribution in [0.3, 0.4) is 0 Å². The number of nitro groups is 1. The maximum atomic E-state index is 12.6. The summed E-state index contributed by atoms with van der Waals surface area (Å²) >= 11 is 3.28. The minimum absolute atomic E-state index is 0.0433. The summed E-state index contributed by atoms with van der Waals surface area (Å²) in [6.45, 7) is 0.240. The lowest BCUT2D eigenvalue weighted by atomic mass is 10.1. The molecule has 0 saturated heterocycles. The average molecular weight is 399 g/mol. The zero-order valence-corrected chi connectivity index (χ0v) is 13.6. The Hall–Kier alpha value is -2.35. The molecule has 4 nitrogen and oxygen atoms in total. The summed E-state index contributed by atoms with van der Waals surface area (Å²) in [5.74, 6) is 0. The van der Waals surface area contributed by atoms with Crippen LogP contribution in [0.15, 0.2) is 53.1 Å². The Morgan fingerprint density at radius 3 is 2.38 bits per heavy atom. The molecule has 0 radical (unpaired) electrons. The standard InChI is InChI=1S/C16H10BrF3N2O2/c17-12-5-6-14-13(7-12)15(22(23)24)9-21(14)8-10-1-3-11(4-2-10)16(18,19)20/h1-7,9H,8H2. The van der Waals surface area contributed by atoms with Crippen LogP contribution in [-0.4, -0.2) is 9.49 Å². The van der Waals surface area contributed by atoms with Gasteiger partial charge in [-0.15, -0.1) is 0 Å². The van der Waals surface area contributed by atoms with Gasteiger partial charge in [0.1, 0.15) is 0 Å². The molecule has 0 atom stereocenters. The largest absolute Gasteiger partial charge is 0.416 e. The molecule has 1 heterocycles. The second kappa shape index (κ2) is 5.94. The highest BCUT2D eigenvalue weighted by atomic mass is 79.9.